The molecule has 0 heterocycles. The zero-order chi connectivity index (χ0) is 11.8. The Bertz CT molecular complexity index is 297. The highest BCUT2D eigenvalue weighted by Crippen LogP contribution is 2.10. The fourth-order valence-corrected chi connectivity index (χ4v) is 1.81. The Kier molecular flexibility index (Phi) is 6.12. The van der Waals surface area contributed by atoms with Crippen molar-refractivity contribution in [1.29, 1.82) is 0 Å². The van der Waals surface area contributed by atoms with Crippen LogP contribution in [0, 0.1) is 6.92 Å². The van der Waals surface area contributed by atoms with Crippen molar-refractivity contribution in [3.05, 3.63) is 35.4 Å². The molecule has 0 saturated carbocycles. The minimum Gasteiger partial charge on any atom is -0.393 e. The van der Waals surface area contributed by atoms with Gasteiger partial charge in [-0.2, -0.15) is 0 Å². The fraction of sp³-hybridized carbons (Fsp3) is 0.571. The minimum atomic E-state index is -0.198. The van der Waals surface area contributed by atoms with Crippen LogP contribution in [0.4, 0.5) is 0 Å². The van der Waals surface area contributed by atoms with Gasteiger partial charge < -0.3 is 9.84 Å². The first-order valence-corrected chi connectivity index (χ1v) is 5.95. The Morgan fingerprint density at radius 3 is 2.81 bits per heavy atom. The fourth-order valence-electron chi connectivity index (χ4n) is 1.81. The van der Waals surface area contributed by atoms with Crippen LogP contribution >= 0.6 is 0 Å². The predicted molar refractivity (Wildman–Crippen MR) is 66.6 cm³/mol. The van der Waals surface area contributed by atoms with E-state index in [1.807, 2.05) is 0 Å². The summed E-state index contributed by atoms with van der Waals surface area (Å²) in [6.07, 6.45) is 3.37. The van der Waals surface area contributed by atoms with E-state index in [2.05, 4.69) is 31.2 Å². The smallest absolute Gasteiger partial charge is 0.0544 e. The average Bonchev–Trinajstić information content (AvgIpc) is 2.27. The molecule has 0 amide bonds. The molecule has 90 valence electrons. The van der Waals surface area contributed by atoms with Crippen molar-refractivity contribution < 1.29 is 9.84 Å². The van der Waals surface area contributed by atoms with Crippen molar-refractivity contribution in [3.63, 3.8) is 0 Å². The molecule has 0 spiro atoms. The molecule has 2 heteroatoms. The monoisotopic (exact) mass is 222 g/mol. The average molecular weight is 222 g/mol. The summed E-state index contributed by atoms with van der Waals surface area (Å²) in [4.78, 5) is 0. The van der Waals surface area contributed by atoms with Crippen LogP contribution in [0.15, 0.2) is 24.3 Å². The largest absolute Gasteiger partial charge is 0.393 e. The summed E-state index contributed by atoms with van der Waals surface area (Å²) in [7, 11) is 1.69. The van der Waals surface area contributed by atoms with E-state index in [9.17, 15) is 5.11 Å². The Hall–Kier alpha value is -0.860. The topological polar surface area (TPSA) is 29.5 Å². The number of aryl methyl sites for hydroxylation is 2. The summed E-state index contributed by atoms with van der Waals surface area (Å²) in [6, 6.07) is 8.47. The van der Waals surface area contributed by atoms with E-state index in [1.165, 1.54) is 11.1 Å². The van der Waals surface area contributed by atoms with Gasteiger partial charge in [-0.3, -0.25) is 0 Å². The first kappa shape index (κ1) is 13.2. The van der Waals surface area contributed by atoms with Gasteiger partial charge >= 0.3 is 0 Å². The van der Waals surface area contributed by atoms with Crippen LogP contribution < -0.4 is 0 Å². The van der Waals surface area contributed by atoms with Crippen molar-refractivity contribution in [2.75, 3.05) is 13.7 Å². The Labute approximate surface area is 98.3 Å². The van der Waals surface area contributed by atoms with Gasteiger partial charge in [0.2, 0.25) is 0 Å². The molecule has 16 heavy (non-hydrogen) atoms. The van der Waals surface area contributed by atoms with Crippen LogP contribution in [0.3, 0.4) is 0 Å². The number of aliphatic hydroxyl groups is 1. The molecule has 0 aromatic heterocycles. The normalized spacial score (nSPS) is 12.7. The number of aliphatic hydroxyl groups excluding tert-OH is 1. The van der Waals surface area contributed by atoms with E-state index >= 15 is 0 Å². The highest BCUT2D eigenvalue weighted by Gasteiger charge is 2.04. The van der Waals surface area contributed by atoms with E-state index in [-0.39, 0.29) is 6.10 Å². The molecule has 1 aromatic rings. The molecule has 2 nitrogen and oxygen atoms in total. The maximum absolute atomic E-state index is 9.75. The van der Waals surface area contributed by atoms with Gasteiger partial charge in [0.1, 0.15) is 0 Å². The van der Waals surface area contributed by atoms with Crippen molar-refractivity contribution in [2.24, 2.45) is 0 Å². The summed E-state index contributed by atoms with van der Waals surface area (Å²) in [5.74, 6) is 0. The molecule has 0 aliphatic carbocycles. The third-order valence-electron chi connectivity index (χ3n) is 2.73. The van der Waals surface area contributed by atoms with Gasteiger partial charge in [-0.25, -0.2) is 0 Å². The summed E-state index contributed by atoms with van der Waals surface area (Å²) >= 11 is 0. The van der Waals surface area contributed by atoms with Crippen LogP contribution in [0.5, 0.6) is 0 Å². The second kappa shape index (κ2) is 7.42. The van der Waals surface area contributed by atoms with Crippen LogP contribution in [-0.4, -0.2) is 24.9 Å². The first-order chi connectivity index (χ1) is 7.72. The molecule has 0 radical (unpaired) electrons. The quantitative estimate of drug-likeness (QED) is 0.719. The number of hydrogen-bond acceptors (Lipinski definition) is 2. The van der Waals surface area contributed by atoms with Gasteiger partial charge in [0, 0.05) is 13.7 Å². The molecule has 0 fully saturated rings. The third kappa shape index (κ3) is 5.29. The van der Waals surface area contributed by atoms with E-state index in [0.717, 1.165) is 32.3 Å². The van der Waals surface area contributed by atoms with Gasteiger partial charge in [-0.1, -0.05) is 29.8 Å². The molecule has 0 bridgehead atoms. The van der Waals surface area contributed by atoms with Gasteiger partial charge in [-0.15, -0.1) is 0 Å². The second-order valence-corrected chi connectivity index (χ2v) is 4.32. The van der Waals surface area contributed by atoms with Crippen molar-refractivity contribution >= 4 is 0 Å². The lowest BCUT2D eigenvalue weighted by atomic mass is 10.0. The van der Waals surface area contributed by atoms with Gasteiger partial charge in [0.05, 0.1) is 6.10 Å². The van der Waals surface area contributed by atoms with Crippen LogP contribution in [0.1, 0.15) is 30.4 Å². The van der Waals surface area contributed by atoms with E-state index in [4.69, 9.17) is 4.74 Å². The van der Waals surface area contributed by atoms with Crippen molar-refractivity contribution in [2.45, 2.75) is 38.7 Å². The van der Waals surface area contributed by atoms with Crippen LogP contribution in [0.25, 0.3) is 0 Å². The van der Waals surface area contributed by atoms with Gasteiger partial charge in [0.25, 0.3) is 0 Å². The molecule has 0 aliphatic heterocycles. The molecule has 1 unspecified atom stereocenters. The number of rotatable bonds is 7. The first-order valence-electron chi connectivity index (χ1n) is 5.95. The second-order valence-electron chi connectivity index (χ2n) is 4.32. The van der Waals surface area contributed by atoms with E-state index in [0.29, 0.717) is 0 Å². The van der Waals surface area contributed by atoms with Gasteiger partial charge in [-0.05, 0) is 38.2 Å². The molecule has 0 saturated heterocycles. The molecule has 1 rings (SSSR count). The lowest BCUT2D eigenvalue weighted by molar-refractivity contribution is 0.128. The summed E-state index contributed by atoms with van der Waals surface area (Å²) < 4.78 is 4.96. The van der Waals surface area contributed by atoms with Crippen molar-refractivity contribution in [3.8, 4) is 0 Å². The third-order valence-corrected chi connectivity index (χ3v) is 2.73. The molecule has 1 atom stereocenters. The zero-order valence-corrected chi connectivity index (χ0v) is 10.3. The number of methoxy groups -OCH3 is 1. The summed E-state index contributed by atoms with van der Waals surface area (Å²) in [5, 5.41) is 9.75. The number of hydrogen-bond donors (Lipinski definition) is 1. The highest BCUT2D eigenvalue weighted by molar-refractivity contribution is 5.22. The minimum absolute atomic E-state index is 0.198. The summed E-state index contributed by atoms with van der Waals surface area (Å²) in [6.45, 7) is 2.83. The van der Waals surface area contributed by atoms with Crippen LogP contribution in [0.2, 0.25) is 0 Å². The highest BCUT2D eigenvalue weighted by atomic mass is 16.5. The van der Waals surface area contributed by atoms with Crippen LogP contribution in [-0.2, 0) is 11.2 Å². The standard InChI is InChI=1S/C14H22O2/c1-12-5-3-6-13(11-12)8-9-14(15)7-4-10-16-2/h3,5-6,11,14-15H,4,7-10H2,1-2H3. The maximum atomic E-state index is 9.75. The molecular weight excluding hydrogens is 200 g/mol. The molecule has 0 aliphatic rings. The zero-order valence-electron chi connectivity index (χ0n) is 10.3. The lowest BCUT2D eigenvalue weighted by Gasteiger charge is -2.10. The number of ether oxygens (including phenoxy) is 1. The van der Waals surface area contributed by atoms with E-state index < -0.39 is 0 Å². The Morgan fingerprint density at radius 2 is 2.12 bits per heavy atom. The predicted octanol–water partition coefficient (Wildman–Crippen LogP) is 2.72. The molecule has 1 N–H and O–H groups in total. The number of benzene rings is 1. The SMILES string of the molecule is COCCCC(O)CCc1cccc(C)c1. The molecular formula is C14H22O2. The van der Waals surface area contributed by atoms with Gasteiger partial charge in [0.15, 0.2) is 0 Å². The lowest BCUT2D eigenvalue weighted by Crippen LogP contribution is -2.09. The molecule has 1 aromatic carbocycles. The van der Waals surface area contributed by atoms with Crippen molar-refractivity contribution in [1.82, 2.24) is 0 Å². The Morgan fingerprint density at radius 1 is 1.31 bits per heavy atom. The maximum Gasteiger partial charge on any atom is 0.0544 e. The summed E-state index contributed by atoms with van der Waals surface area (Å²) in [5.41, 5.74) is 2.59. The van der Waals surface area contributed by atoms with E-state index in [1.54, 1.807) is 7.11 Å². The Balaban J connectivity index is 2.23.